The molecule has 0 bridgehead atoms. The third-order valence-electron chi connectivity index (χ3n) is 3.17. The highest BCUT2D eigenvalue weighted by Gasteiger charge is 2.02. The van der Waals surface area contributed by atoms with Gasteiger partial charge in [0.15, 0.2) is 0 Å². The van der Waals surface area contributed by atoms with Gasteiger partial charge in [-0.3, -0.25) is 0 Å². The summed E-state index contributed by atoms with van der Waals surface area (Å²) in [5.74, 6) is 0. The molecule has 0 atom stereocenters. The fraction of sp³-hybridized carbons (Fsp3) is 0.333. The maximum absolute atomic E-state index is 5.58. The molecule has 22 heavy (non-hydrogen) atoms. The normalized spacial score (nSPS) is 10.8. The zero-order chi connectivity index (χ0) is 15.6. The Labute approximate surface area is 149 Å². The molecule has 0 amide bonds. The van der Waals surface area contributed by atoms with Gasteiger partial charge in [-0.2, -0.15) is 0 Å². The second-order valence-electron chi connectivity index (χ2n) is 4.88. The quantitative estimate of drug-likeness (QED) is 0.405. The topological polar surface area (TPSA) is 18.5 Å². The van der Waals surface area contributed by atoms with Crippen LogP contribution in [0.1, 0.15) is 11.1 Å². The van der Waals surface area contributed by atoms with E-state index >= 15 is 0 Å². The van der Waals surface area contributed by atoms with Crippen LogP contribution in [0.15, 0.2) is 48.5 Å². The average molecular weight is 428 g/mol. The first-order chi connectivity index (χ1) is 10.8. The van der Waals surface area contributed by atoms with E-state index in [1.165, 1.54) is 22.3 Å². The van der Waals surface area contributed by atoms with Gasteiger partial charge in [0.1, 0.15) is 0 Å². The molecule has 2 rings (SSSR count). The highest BCUT2D eigenvalue weighted by molar-refractivity contribution is 9.09. The van der Waals surface area contributed by atoms with Crippen molar-refractivity contribution in [1.82, 2.24) is 0 Å². The predicted octanol–water partition coefficient (Wildman–Crippen LogP) is 5.18. The largest absolute Gasteiger partial charge is 0.376 e. The molecule has 4 heteroatoms. The smallest absolute Gasteiger partial charge is 0.0717 e. The summed E-state index contributed by atoms with van der Waals surface area (Å²) in [6.07, 6.45) is 0. The van der Waals surface area contributed by atoms with Gasteiger partial charge in [0.25, 0.3) is 0 Å². The molecule has 0 aliphatic rings. The van der Waals surface area contributed by atoms with E-state index in [4.69, 9.17) is 9.47 Å². The van der Waals surface area contributed by atoms with Gasteiger partial charge < -0.3 is 9.47 Å². The molecule has 2 aromatic carbocycles. The van der Waals surface area contributed by atoms with Gasteiger partial charge >= 0.3 is 0 Å². The molecule has 2 aromatic rings. The van der Waals surface area contributed by atoms with Crippen molar-refractivity contribution in [3.63, 3.8) is 0 Å². The van der Waals surface area contributed by atoms with E-state index in [0.29, 0.717) is 13.2 Å². The van der Waals surface area contributed by atoms with Crippen LogP contribution >= 0.6 is 31.9 Å². The summed E-state index contributed by atoms with van der Waals surface area (Å²) >= 11 is 6.74. The maximum Gasteiger partial charge on any atom is 0.0717 e. The van der Waals surface area contributed by atoms with Gasteiger partial charge in [-0.1, -0.05) is 68.3 Å². The van der Waals surface area contributed by atoms with E-state index in [9.17, 15) is 0 Å². The second kappa shape index (κ2) is 10.2. The minimum atomic E-state index is 0.646. The molecule has 0 aliphatic heterocycles. The number of halogens is 2. The Hall–Kier alpha value is -0.680. The van der Waals surface area contributed by atoms with Crippen molar-refractivity contribution in [2.24, 2.45) is 0 Å². The molecule has 0 spiro atoms. The van der Waals surface area contributed by atoms with Gasteiger partial charge in [-0.15, -0.1) is 0 Å². The van der Waals surface area contributed by atoms with Gasteiger partial charge in [0, 0.05) is 10.7 Å². The SMILES string of the molecule is BrCCOCc1cccc(-c2cccc(COCCBr)c2)c1. The maximum atomic E-state index is 5.58. The average Bonchev–Trinajstić information content (AvgIpc) is 2.56. The van der Waals surface area contributed by atoms with Crippen molar-refractivity contribution < 1.29 is 9.47 Å². The molecule has 0 fully saturated rings. The number of hydrogen-bond donors (Lipinski definition) is 0. The monoisotopic (exact) mass is 426 g/mol. The third kappa shape index (κ3) is 5.84. The van der Waals surface area contributed by atoms with Crippen molar-refractivity contribution in [2.75, 3.05) is 23.9 Å². The lowest BCUT2D eigenvalue weighted by atomic mass is 10.0. The zero-order valence-electron chi connectivity index (χ0n) is 12.4. The zero-order valence-corrected chi connectivity index (χ0v) is 15.6. The van der Waals surface area contributed by atoms with Gasteiger partial charge in [-0.25, -0.2) is 0 Å². The second-order valence-corrected chi connectivity index (χ2v) is 6.47. The lowest BCUT2D eigenvalue weighted by Crippen LogP contribution is -1.97. The van der Waals surface area contributed by atoms with Crippen LogP contribution < -0.4 is 0 Å². The van der Waals surface area contributed by atoms with E-state index in [0.717, 1.165) is 23.9 Å². The summed E-state index contributed by atoms with van der Waals surface area (Å²) in [5.41, 5.74) is 4.81. The van der Waals surface area contributed by atoms with Crippen LogP contribution in [0.5, 0.6) is 0 Å². The van der Waals surface area contributed by atoms with E-state index in [-0.39, 0.29) is 0 Å². The molecule has 0 saturated carbocycles. The number of rotatable bonds is 9. The molecule has 0 saturated heterocycles. The van der Waals surface area contributed by atoms with Crippen LogP contribution in [0.2, 0.25) is 0 Å². The Kier molecular flexibility index (Phi) is 8.16. The van der Waals surface area contributed by atoms with E-state index in [1.807, 2.05) is 0 Å². The van der Waals surface area contributed by atoms with Crippen molar-refractivity contribution in [3.05, 3.63) is 59.7 Å². The summed E-state index contributed by atoms with van der Waals surface area (Å²) in [5, 5.41) is 1.73. The van der Waals surface area contributed by atoms with Crippen LogP contribution in [0, 0.1) is 0 Å². The molecule has 0 aromatic heterocycles. The number of benzene rings is 2. The van der Waals surface area contributed by atoms with E-state index < -0.39 is 0 Å². The Morgan fingerprint density at radius 2 is 1.14 bits per heavy atom. The molecular formula is C18H20Br2O2. The highest BCUT2D eigenvalue weighted by atomic mass is 79.9. The third-order valence-corrected chi connectivity index (χ3v) is 3.82. The summed E-state index contributed by atoms with van der Waals surface area (Å²) in [6, 6.07) is 17.0. The molecule has 0 heterocycles. The van der Waals surface area contributed by atoms with Gasteiger partial charge in [-0.05, 0) is 34.4 Å². The minimum Gasteiger partial charge on any atom is -0.376 e. The fourth-order valence-electron chi connectivity index (χ4n) is 2.17. The van der Waals surface area contributed by atoms with Gasteiger partial charge in [0.05, 0.1) is 26.4 Å². The van der Waals surface area contributed by atoms with Crippen molar-refractivity contribution >= 4 is 31.9 Å². The number of alkyl halides is 2. The Balaban J connectivity index is 2.07. The number of hydrogen-bond acceptors (Lipinski definition) is 2. The summed E-state index contributed by atoms with van der Waals surface area (Å²) in [6.45, 7) is 2.75. The first-order valence-electron chi connectivity index (χ1n) is 7.29. The van der Waals surface area contributed by atoms with Crippen LogP contribution in [0.25, 0.3) is 11.1 Å². The molecule has 2 nitrogen and oxygen atoms in total. The van der Waals surface area contributed by atoms with E-state index in [1.54, 1.807) is 0 Å². The molecule has 0 aliphatic carbocycles. The van der Waals surface area contributed by atoms with Crippen molar-refractivity contribution in [2.45, 2.75) is 13.2 Å². The van der Waals surface area contributed by atoms with Crippen LogP contribution in [-0.2, 0) is 22.7 Å². The Bertz CT molecular complexity index is 521. The van der Waals surface area contributed by atoms with Crippen molar-refractivity contribution in [3.8, 4) is 11.1 Å². The summed E-state index contributed by atoms with van der Waals surface area (Å²) in [7, 11) is 0. The van der Waals surface area contributed by atoms with E-state index in [2.05, 4.69) is 80.4 Å². The first-order valence-corrected chi connectivity index (χ1v) is 9.53. The molecule has 0 N–H and O–H groups in total. The number of ether oxygens (including phenoxy) is 2. The Morgan fingerprint density at radius 1 is 0.682 bits per heavy atom. The summed E-state index contributed by atoms with van der Waals surface area (Å²) in [4.78, 5) is 0. The first kappa shape index (κ1) is 17.7. The van der Waals surface area contributed by atoms with Crippen LogP contribution in [-0.4, -0.2) is 23.9 Å². The molecular weight excluding hydrogens is 408 g/mol. The highest BCUT2D eigenvalue weighted by Crippen LogP contribution is 2.22. The molecule has 0 unspecified atom stereocenters. The summed E-state index contributed by atoms with van der Waals surface area (Å²) < 4.78 is 11.2. The van der Waals surface area contributed by atoms with Crippen molar-refractivity contribution in [1.29, 1.82) is 0 Å². The molecule has 118 valence electrons. The standard InChI is InChI=1S/C18H20Br2O2/c19-7-9-21-13-15-3-1-5-17(11-15)18-6-2-4-16(12-18)14-22-10-8-20/h1-6,11-12H,7-10,13-14H2. The fourth-order valence-corrected chi connectivity index (χ4v) is 2.63. The predicted molar refractivity (Wildman–Crippen MR) is 98.8 cm³/mol. The van der Waals surface area contributed by atoms with Crippen LogP contribution in [0.4, 0.5) is 0 Å². The molecule has 0 radical (unpaired) electrons. The lowest BCUT2D eigenvalue weighted by molar-refractivity contribution is 0.137. The minimum absolute atomic E-state index is 0.646. The Morgan fingerprint density at radius 3 is 1.55 bits per heavy atom. The lowest BCUT2D eigenvalue weighted by Gasteiger charge is -2.08. The van der Waals surface area contributed by atoms with Gasteiger partial charge in [0.2, 0.25) is 0 Å². The van der Waals surface area contributed by atoms with Crippen LogP contribution in [0.3, 0.4) is 0 Å².